The van der Waals surface area contributed by atoms with E-state index in [0.29, 0.717) is 11.4 Å². The molecule has 0 atom stereocenters. The van der Waals surface area contributed by atoms with Crippen LogP contribution in [-0.4, -0.2) is 5.91 Å². The molecule has 0 saturated carbocycles. The Labute approximate surface area is 124 Å². The molecule has 2 rings (SSSR count). The molecule has 2 aromatic rings. The summed E-state index contributed by atoms with van der Waals surface area (Å²) in [5, 5.41) is 2.50. The summed E-state index contributed by atoms with van der Waals surface area (Å²) in [6, 6.07) is 8.94. The maximum Gasteiger partial charge on any atom is 0.416 e. The Morgan fingerprint density at radius 3 is 2.45 bits per heavy atom. The van der Waals surface area contributed by atoms with Gasteiger partial charge in [0.2, 0.25) is 0 Å². The Morgan fingerprint density at radius 2 is 1.86 bits per heavy atom. The van der Waals surface area contributed by atoms with Gasteiger partial charge < -0.3 is 16.8 Å². The van der Waals surface area contributed by atoms with Gasteiger partial charge in [-0.2, -0.15) is 13.2 Å². The number of nitrogens with one attached hydrogen (secondary N) is 1. The molecule has 7 heteroatoms. The van der Waals surface area contributed by atoms with Gasteiger partial charge >= 0.3 is 6.18 Å². The molecule has 0 fully saturated rings. The van der Waals surface area contributed by atoms with Crippen LogP contribution in [0.15, 0.2) is 42.5 Å². The summed E-state index contributed by atoms with van der Waals surface area (Å²) >= 11 is 0. The fraction of sp³-hybridized carbons (Fsp3) is 0.133. The first-order valence-corrected chi connectivity index (χ1v) is 6.38. The Bertz CT molecular complexity index is 699. The summed E-state index contributed by atoms with van der Waals surface area (Å²) < 4.78 is 37.9. The van der Waals surface area contributed by atoms with E-state index in [2.05, 4.69) is 5.32 Å². The Balaban J connectivity index is 2.21. The molecule has 4 nitrogen and oxygen atoms in total. The Morgan fingerprint density at radius 1 is 1.14 bits per heavy atom. The summed E-state index contributed by atoms with van der Waals surface area (Å²) in [5.74, 6) is -0.647. The Hall–Kier alpha value is -2.54. The zero-order chi connectivity index (χ0) is 16.3. The molecule has 22 heavy (non-hydrogen) atoms. The molecule has 0 saturated heterocycles. The number of hydrogen-bond acceptors (Lipinski definition) is 3. The lowest BCUT2D eigenvalue weighted by molar-refractivity contribution is -0.137. The number of benzene rings is 2. The number of alkyl halides is 3. The first-order chi connectivity index (χ1) is 10.3. The van der Waals surface area contributed by atoms with Crippen molar-refractivity contribution >= 4 is 17.3 Å². The number of amides is 1. The van der Waals surface area contributed by atoms with E-state index < -0.39 is 17.6 Å². The van der Waals surface area contributed by atoms with Gasteiger partial charge in [0, 0.05) is 23.5 Å². The summed E-state index contributed by atoms with van der Waals surface area (Å²) in [5.41, 5.74) is 11.8. The second kappa shape index (κ2) is 6.07. The molecule has 0 aliphatic heterocycles. The fourth-order valence-electron chi connectivity index (χ4n) is 1.90. The van der Waals surface area contributed by atoms with Crippen LogP contribution in [-0.2, 0) is 12.7 Å². The summed E-state index contributed by atoms with van der Waals surface area (Å²) in [6.07, 6.45) is -4.50. The van der Waals surface area contributed by atoms with E-state index in [1.807, 2.05) is 0 Å². The summed E-state index contributed by atoms with van der Waals surface area (Å²) in [6.45, 7) is 0.258. The zero-order valence-electron chi connectivity index (χ0n) is 11.4. The van der Waals surface area contributed by atoms with Crippen LogP contribution in [0.2, 0.25) is 0 Å². The topological polar surface area (TPSA) is 81.1 Å². The van der Waals surface area contributed by atoms with Gasteiger partial charge in [0.05, 0.1) is 5.56 Å². The van der Waals surface area contributed by atoms with Gasteiger partial charge in [-0.05, 0) is 35.9 Å². The van der Waals surface area contributed by atoms with Gasteiger partial charge in [-0.1, -0.05) is 12.1 Å². The molecule has 0 spiro atoms. The minimum Gasteiger partial charge on any atom is -0.398 e. The highest BCUT2D eigenvalue weighted by Crippen LogP contribution is 2.29. The van der Waals surface area contributed by atoms with Gasteiger partial charge in [-0.3, -0.25) is 4.79 Å². The van der Waals surface area contributed by atoms with E-state index in [0.717, 1.165) is 17.7 Å². The van der Waals surface area contributed by atoms with Crippen molar-refractivity contribution < 1.29 is 18.0 Å². The smallest absolute Gasteiger partial charge is 0.398 e. The van der Waals surface area contributed by atoms with Gasteiger partial charge in [-0.15, -0.1) is 0 Å². The number of rotatable bonds is 3. The number of carbonyl (C=O) groups excluding carboxylic acids is 1. The quantitative estimate of drug-likeness (QED) is 0.762. The predicted octanol–water partition coefficient (Wildman–Crippen LogP) is 3.00. The van der Waals surface area contributed by atoms with Crippen LogP contribution >= 0.6 is 0 Å². The van der Waals surface area contributed by atoms with Gasteiger partial charge in [0.1, 0.15) is 0 Å². The van der Waals surface area contributed by atoms with Crippen LogP contribution in [0.5, 0.6) is 0 Å². The van der Waals surface area contributed by atoms with Crippen molar-refractivity contribution in [1.82, 2.24) is 0 Å². The molecule has 5 N–H and O–H groups in total. The third-order valence-electron chi connectivity index (χ3n) is 3.08. The minimum atomic E-state index is -4.50. The number of nitrogen functional groups attached to an aromatic ring is 1. The molecule has 0 aromatic heterocycles. The standard InChI is InChI=1S/C15H14F3N3O/c16-15(17,18)11-3-1-2-9(6-11)14(22)21-12-5-4-10(8-19)13(20)7-12/h1-7H,8,19-20H2,(H,21,22). The zero-order valence-corrected chi connectivity index (χ0v) is 11.4. The first-order valence-electron chi connectivity index (χ1n) is 6.38. The van der Waals surface area contributed by atoms with E-state index in [9.17, 15) is 18.0 Å². The molecule has 2 aromatic carbocycles. The third-order valence-corrected chi connectivity index (χ3v) is 3.08. The highest BCUT2D eigenvalue weighted by atomic mass is 19.4. The number of anilines is 2. The van der Waals surface area contributed by atoms with Crippen LogP contribution in [0.4, 0.5) is 24.5 Å². The van der Waals surface area contributed by atoms with Gasteiger partial charge in [0.25, 0.3) is 5.91 Å². The van der Waals surface area contributed by atoms with E-state index in [1.54, 1.807) is 12.1 Å². The molecule has 116 valence electrons. The van der Waals surface area contributed by atoms with Crippen LogP contribution in [0, 0.1) is 0 Å². The molecule has 0 radical (unpaired) electrons. The summed E-state index contributed by atoms with van der Waals surface area (Å²) in [4.78, 5) is 12.0. The van der Waals surface area contributed by atoms with Gasteiger partial charge in [-0.25, -0.2) is 0 Å². The van der Waals surface area contributed by atoms with Crippen LogP contribution in [0.1, 0.15) is 21.5 Å². The monoisotopic (exact) mass is 309 g/mol. The average molecular weight is 309 g/mol. The van der Waals surface area contributed by atoms with Crippen LogP contribution < -0.4 is 16.8 Å². The number of carbonyl (C=O) groups is 1. The third kappa shape index (κ3) is 3.56. The molecule has 0 unspecified atom stereocenters. The highest BCUT2D eigenvalue weighted by Gasteiger charge is 2.30. The number of halogens is 3. The molecule has 0 aliphatic rings. The summed E-state index contributed by atoms with van der Waals surface area (Å²) in [7, 11) is 0. The largest absolute Gasteiger partial charge is 0.416 e. The van der Waals surface area contributed by atoms with Crippen molar-refractivity contribution in [2.75, 3.05) is 11.1 Å². The van der Waals surface area contributed by atoms with Gasteiger partial charge in [0.15, 0.2) is 0 Å². The van der Waals surface area contributed by atoms with Crippen molar-refractivity contribution in [3.63, 3.8) is 0 Å². The minimum absolute atomic E-state index is 0.0868. The maximum atomic E-state index is 12.6. The molecular formula is C15H14F3N3O. The van der Waals surface area contributed by atoms with Crippen LogP contribution in [0.3, 0.4) is 0 Å². The van der Waals surface area contributed by atoms with E-state index in [4.69, 9.17) is 11.5 Å². The van der Waals surface area contributed by atoms with Crippen molar-refractivity contribution in [2.45, 2.75) is 12.7 Å². The number of hydrogen-bond donors (Lipinski definition) is 3. The molecular weight excluding hydrogens is 295 g/mol. The van der Waals surface area contributed by atoms with E-state index >= 15 is 0 Å². The Kier molecular flexibility index (Phi) is 4.37. The van der Waals surface area contributed by atoms with Crippen molar-refractivity contribution in [2.24, 2.45) is 5.73 Å². The van der Waals surface area contributed by atoms with Crippen molar-refractivity contribution in [1.29, 1.82) is 0 Å². The SMILES string of the molecule is NCc1ccc(NC(=O)c2cccc(C(F)(F)F)c2)cc1N. The number of nitrogens with two attached hydrogens (primary N) is 2. The fourth-order valence-corrected chi connectivity index (χ4v) is 1.90. The molecule has 1 amide bonds. The second-order valence-electron chi connectivity index (χ2n) is 4.65. The second-order valence-corrected chi connectivity index (χ2v) is 4.65. The molecule has 0 aliphatic carbocycles. The van der Waals surface area contributed by atoms with E-state index in [-0.39, 0.29) is 12.1 Å². The van der Waals surface area contributed by atoms with Crippen molar-refractivity contribution in [3.8, 4) is 0 Å². The lowest BCUT2D eigenvalue weighted by atomic mass is 10.1. The maximum absolute atomic E-state index is 12.6. The molecule has 0 heterocycles. The normalized spacial score (nSPS) is 11.3. The highest BCUT2D eigenvalue weighted by molar-refractivity contribution is 6.04. The average Bonchev–Trinajstić information content (AvgIpc) is 2.46. The van der Waals surface area contributed by atoms with E-state index in [1.165, 1.54) is 18.2 Å². The lowest BCUT2D eigenvalue weighted by Crippen LogP contribution is -2.14. The lowest BCUT2D eigenvalue weighted by Gasteiger charge is -2.10. The van der Waals surface area contributed by atoms with Crippen molar-refractivity contribution in [3.05, 3.63) is 59.2 Å². The molecule has 0 bridgehead atoms. The predicted molar refractivity (Wildman–Crippen MR) is 78.1 cm³/mol. The first kappa shape index (κ1) is 15.8. The van der Waals surface area contributed by atoms with Crippen LogP contribution in [0.25, 0.3) is 0 Å².